The Morgan fingerprint density at radius 2 is 2.14 bits per heavy atom. The van der Waals surface area contributed by atoms with Gasteiger partial charge in [0.1, 0.15) is 5.69 Å². The molecule has 0 saturated heterocycles. The molecule has 2 heterocycles. The first-order valence-electron chi connectivity index (χ1n) is 7.43. The monoisotopic (exact) mass is 292 g/mol. The molecule has 1 N–H and O–H groups in total. The van der Waals surface area contributed by atoms with Gasteiger partial charge < -0.3 is 5.32 Å². The molecular formula is C17H16N4O. The molecule has 5 heteroatoms. The number of rotatable bonds is 3. The number of amides is 1. The Kier molecular flexibility index (Phi) is 2.92. The largest absolute Gasteiger partial charge is 0.321 e. The minimum absolute atomic E-state index is 0.214. The van der Waals surface area contributed by atoms with Crippen LogP contribution >= 0.6 is 0 Å². The van der Waals surface area contributed by atoms with E-state index in [2.05, 4.69) is 15.4 Å². The molecule has 1 aliphatic rings. The highest BCUT2D eigenvalue weighted by molar-refractivity contribution is 6.02. The van der Waals surface area contributed by atoms with Crippen molar-refractivity contribution < 1.29 is 4.79 Å². The molecule has 22 heavy (non-hydrogen) atoms. The van der Waals surface area contributed by atoms with E-state index in [1.807, 2.05) is 43.5 Å². The van der Waals surface area contributed by atoms with E-state index >= 15 is 0 Å². The number of nitrogens with zero attached hydrogens (tertiary/aromatic N) is 3. The molecule has 0 unspecified atom stereocenters. The molecule has 1 aromatic carbocycles. The smallest absolute Gasteiger partial charge is 0.276 e. The summed E-state index contributed by atoms with van der Waals surface area (Å²) in [6, 6.07) is 11.3. The molecule has 0 aliphatic heterocycles. The molecule has 4 rings (SSSR count). The van der Waals surface area contributed by atoms with Gasteiger partial charge in [0.15, 0.2) is 5.65 Å². The van der Waals surface area contributed by atoms with Crippen molar-refractivity contribution in [3.05, 3.63) is 59.5 Å². The maximum Gasteiger partial charge on any atom is 0.276 e. The van der Waals surface area contributed by atoms with Crippen LogP contribution in [0.4, 0.5) is 5.69 Å². The summed E-state index contributed by atoms with van der Waals surface area (Å²) >= 11 is 0. The van der Waals surface area contributed by atoms with Crippen molar-refractivity contribution in [1.82, 2.24) is 14.6 Å². The summed E-state index contributed by atoms with van der Waals surface area (Å²) in [5.74, 6) is 0.362. The molecule has 0 spiro atoms. The zero-order valence-corrected chi connectivity index (χ0v) is 12.3. The first kappa shape index (κ1) is 13.0. The standard InChI is InChI=1S/C17H16N4O/c1-11-3-2-4-13(9-11)18-17(22)14-7-8-16-19-15(12-5-6-12)10-21(16)20-14/h2-4,7-10,12H,5-6H2,1H3,(H,18,22). The summed E-state index contributed by atoms with van der Waals surface area (Å²) in [7, 11) is 0. The zero-order valence-electron chi connectivity index (χ0n) is 12.3. The van der Waals surface area contributed by atoms with Gasteiger partial charge in [0, 0.05) is 11.6 Å². The minimum atomic E-state index is -0.214. The third-order valence-electron chi connectivity index (χ3n) is 3.84. The number of hydrogen-bond donors (Lipinski definition) is 1. The van der Waals surface area contributed by atoms with Crippen LogP contribution in [0.2, 0.25) is 0 Å². The number of carbonyl (C=O) groups excluding carboxylic acids is 1. The fourth-order valence-corrected chi connectivity index (χ4v) is 2.52. The minimum Gasteiger partial charge on any atom is -0.321 e. The third kappa shape index (κ3) is 2.45. The number of benzene rings is 1. The van der Waals surface area contributed by atoms with E-state index < -0.39 is 0 Å². The lowest BCUT2D eigenvalue weighted by Crippen LogP contribution is -2.15. The molecule has 1 fully saturated rings. The number of aromatic nitrogens is 3. The molecule has 110 valence electrons. The van der Waals surface area contributed by atoms with Gasteiger partial charge in [-0.05, 0) is 49.6 Å². The summed E-state index contributed by atoms with van der Waals surface area (Å²) in [5, 5.41) is 7.24. The molecule has 0 atom stereocenters. The number of nitrogens with one attached hydrogen (secondary N) is 1. The SMILES string of the molecule is Cc1cccc(NC(=O)c2ccc3nc(C4CC4)cn3n2)c1. The molecule has 1 saturated carbocycles. The normalized spacial score (nSPS) is 14.2. The van der Waals surface area contributed by atoms with E-state index in [1.54, 1.807) is 10.6 Å². The van der Waals surface area contributed by atoms with Crippen LogP contribution in [0.25, 0.3) is 5.65 Å². The predicted molar refractivity (Wildman–Crippen MR) is 84.1 cm³/mol. The summed E-state index contributed by atoms with van der Waals surface area (Å²) in [6.07, 6.45) is 4.33. The predicted octanol–water partition coefficient (Wildman–Crippen LogP) is 3.17. The highest BCUT2D eigenvalue weighted by Gasteiger charge is 2.26. The second-order valence-electron chi connectivity index (χ2n) is 5.78. The lowest BCUT2D eigenvalue weighted by Gasteiger charge is -2.05. The fraction of sp³-hybridized carbons (Fsp3) is 0.235. The Morgan fingerprint density at radius 3 is 2.91 bits per heavy atom. The number of hydrogen-bond acceptors (Lipinski definition) is 3. The third-order valence-corrected chi connectivity index (χ3v) is 3.84. The van der Waals surface area contributed by atoms with Crippen LogP contribution < -0.4 is 5.32 Å². The van der Waals surface area contributed by atoms with Crippen molar-refractivity contribution in [2.45, 2.75) is 25.7 Å². The average Bonchev–Trinajstić information content (AvgIpc) is 3.26. The van der Waals surface area contributed by atoms with Crippen molar-refractivity contribution in [3.8, 4) is 0 Å². The van der Waals surface area contributed by atoms with Gasteiger partial charge in [-0.2, -0.15) is 5.10 Å². The summed E-state index contributed by atoms with van der Waals surface area (Å²) < 4.78 is 1.69. The van der Waals surface area contributed by atoms with Crippen LogP contribution in [-0.2, 0) is 0 Å². The molecule has 5 nitrogen and oxygen atoms in total. The number of fused-ring (bicyclic) bond motifs is 1. The van der Waals surface area contributed by atoms with E-state index in [0.717, 1.165) is 22.6 Å². The molecule has 0 bridgehead atoms. The van der Waals surface area contributed by atoms with Gasteiger partial charge in [0.25, 0.3) is 5.91 Å². The van der Waals surface area contributed by atoms with Crippen LogP contribution in [-0.4, -0.2) is 20.5 Å². The summed E-state index contributed by atoms with van der Waals surface area (Å²) in [5.41, 5.74) is 4.12. The Labute approximate surface area is 128 Å². The first-order chi connectivity index (χ1) is 10.7. The molecular weight excluding hydrogens is 276 g/mol. The number of anilines is 1. The molecule has 3 aromatic rings. The van der Waals surface area contributed by atoms with Crippen LogP contribution in [0, 0.1) is 6.92 Å². The van der Waals surface area contributed by atoms with Crippen molar-refractivity contribution in [3.63, 3.8) is 0 Å². The van der Waals surface area contributed by atoms with E-state index in [9.17, 15) is 4.79 Å². The van der Waals surface area contributed by atoms with E-state index in [-0.39, 0.29) is 5.91 Å². The molecule has 2 aromatic heterocycles. The molecule has 0 radical (unpaired) electrons. The van der Waals surface area contributed by atoms with Gasteiger partial charge in [0.05, 0.1) is 11.9 Å². The first-order valence-corrected chi connectivity index (χ1v) is 7.43. The fourth-order valence-electron chi connectivity index (χ4n) is 2.52. The molecule has 1 amide bonds. The summed E-state index contributed by atoms with van der Waals surface area (Å²) in [6.45, 7) is 1.99. The number of aryl methyl sites for hydroxylation is 1. The van der Waals surface area contributed by atoms with Crippen LogP contribution in [0.3, 0.4) is 0 Å². The number of imidazole rings is 1. The van der Waals surface area contributed by atoms with Gasteiger partial charge in [-0.3, -0.25) is 4.79 Å². The van der Waals surface area contributed by atoms with E-state index in [0.29, 0.717) is 11.6 Å². The Hall–Kier alpha value is -2.69. The van der Waals surface area contributed by atoms with E-state index in [4.69, 9.17) is 0 Å². The molecule has 1 aliphatic carbocycles. The number of carbonyl (C=O) groups is 1. The lowest BCUT2D eigenvalue weighted by atomic mass is 10.2. The van der Waals surface area contributed by atoms with Crippen molar-refractivity contribution in [2.75, 3.05) is 5.32 Å². The highest BCUT2D eigenvalue weighted by atomic mass is 16.1. The second-order valence-corrected chi connectivity index (χ2v) is 5.78. The van der Waals surface area contributed by atoms with Gasteiger partial charge >= 0.3 is 0 Å². The zero-order chi connectivity index (χ0) is 15.1. The van der Waals surface area contributed by atoms with Gasteiger partial charge in [-0.1, -0.05) is 12.1 Å². The maximum atomic E-state index is 12.3. The lowest BCUT2D eigenvalue weighted by molar-refractivity contribution is 0.102. The Morgan fingerprint density at radius 1 is 1.27 bits per heavy atom. The van der Waals surface area contributed by atoms with Crippen molar-refractivity contribution in [1.29, 1.82) is 0 Å². The van der Waals surface area contributed by atoms with Crippen molar-refractivity contribution >= 4 is 17.2 Å². The maximum absolute atomic E-state index is 12.3. The van der Waals surface area contributed by atoms with E-state index in [1.165, 1.54) is 12.8 Å². The van der Waals surface area contributed by atoms with Crippen LogP contribution in [0.5, 0.6) is 0 Å². The second kappa shape index (κ2) is 4.94. The average molecular weight is 292 g/mol. The Bertz CT molecular complexity index is 864. The Balaban J connectivity index is 1.60. The van der Waals surface area contributed by atoms with Crippen molar-refractivity contribution in [2.24, 2.45) is 0 Å². The van der Waals surface area contributed by atoms with Crippen LogP contribution in [0.1, 0.15) is 40.5 Å². The van der Waals surface area contributed by atoms with Gasteiger partial charge in [-0.25, -0.2) is 9.50 Å². The van der Waals surface area contributed by atoms with Gasteiger partial charge in [-0.15, -0.1) is 0 Å². The summed E-state index contributed by atoms with van der Waals surface area (Å²) in [4.78, 5) is 16.9. The quantitative estimate of drug-likeness (QED) is 0.806. The topological polar surface area (TPSA) is 59.3 Å². The highest BCUT2D eigenvalue weighted by Crippen LogP contribution is 2.39. The van der Waals surface area contributed by atoms with Gasteiger partial charge in [0.2, 0.25) is 0 Å². The van der Waals surface area contributed by atoms with Crippen LogP contribution in [0.15, 0.2) is 42.6 Å².